The van der Waals surface area contributed by atoms with Crippen molar-refractivity contribution in [3.63, 3.8) is 0 Å². The molecule has 0 spiro atoms. The van der Waals surface area contributed by atoms with Gasteiger partial charge >= 0.3 is 0 Å². The molecule has 0 aliphatic carbocycles. The van der Waals surface area contributed by atoms with Gasteiger partial charge in [0.25, 0.3) is 5.91 Å². The van der Waals surface area contributed by atoms with Crippen LogP contribution in [0.4, 0.5) is 0 Å². The Kier molecular flexibility index (Phi) is 6.29. The van der Waals surface area contributed by atoms with Gasteiger partial charge in [0.1, 0.15) is 5.75 Å². The number of rotatable bonds is 7. The fourth-order valence-electron chi connectivity index (χ4n) is 3.33. The van der Waals surface area contributed by atoms with E-state index in [1.54, 1.807) is 4.90 Å². The van der Waals surface area contributed by atoms with E-state index < -0.39 is 6.10 Å². The summed E-state index contributed by atoms with van der Waals surface area (Å²) in [5, 5.41) is 0. The minimum Gasteiger partial charge on any atom is -0.481 e. The Hall–Kier alpha value is -2.33. The Balaban J connectivity index is 1.51. The number of ether oxygens (including phenoxy) is 1. The minimum atomic E-state index is -0.485. The third-order valence-electron chi connectivity index (χ3n) is 4.95. The number of amides is 1. The fourth-order valence-corrected chi connectivity index (χ4v) is 3.33. The van der Waals surface area contributed by atoms with E-state index >= 15 is 0 Å². The highest BCUT2D eigenvalue weighted by atomic mass is 16.5. The monoisotopic (exact) mass is 352 g/mol. The maximum atomic E-state index is 12.5. The van der Waals surface area contributed by atoms with Gasteiger partial charge in [-0.1, -0.05) is 42.5 Å². The maximum Gasteiger partial charge on any atom is 0.263 e. The standard InChI is InChI=1S/C22H28N2O2/c1-18(22(25)23(2)16-17-24-14-6-7-15-24)26-21-12-10-20(11-13-21)19-8-4-3-5-9-19/h3-5,8-13,18H,6-7,14-17H2,1-2H3. The van der Waals surface area contributed by atoms with Crippen LogP contribution in [0.2, 0.25) is 0 Å². The molecule has 1 atom stereocenters. The molecule has 4 heteroatoms. The first-order chi connectivity index (χ1) is 12.6. The average Bonchev–Trinajstić information content (AvgIpc) is 3.20. The van der Waals surface area contributed by atoms with Crippen LogP contribution in [0.3, 0.4) is 0 Å². The maximum absolute atomic E-state index is 12.5. The summed E-state index contributed by atoms with van der Waals surface area (Å²) in [5.41, 5.74) is 2.31. The molecule has 26 heavy (non-hydrogen) atoms. The zero-order valence-electron chi connectivity index (χ0n) is 15.7. The van der Waals surface area contributed by atoms with E-state index in [9.17, 15) is 4.79 Å². The van der Waals surface area contributed by atoms with E-state index in [2.05, 4.69) is 17.0 Å². The lowest BCUT2D eigenvalue weighted by molar-refractivity contribution is -0.136. The van der Waals surface area contributed by atoms with E-state index in [1.165, 1.54) is 18.4 Å². The van der Waals surface area contributed by atoms with Crippen molar-refractivity contribution in [1.29, 1.82) is 0 Å². The Morgan fingerprint density at radius 3 is 2.31 bits per heavy atom. The zero-order chi connectivity index (χ0) is 18.4. The number of benzene rings is 2. The normalized spacial score (nSPS) is 15.6. The Labute approximate surface area is 156 Å². The van der Waals surface area contributed by atoms with Gasteiger partial charge in [0.05, 0.1) is 0 Å². The van der Waals surface area contributed by atoms with Crippen LogP contribution in [0.25, 0.3) is 11.1 Å². The number of likely N-dealkylation sites (N-methyl/N-ethyl adjacent to an activating group) is 1. The van der Waals surface area contributed by atoms with Crippen molar-refractivity contribution >= 4 is 5.91 Å². The molecule has 1 heterocycles. The molecule has 0 bridgehead atoms. The van der Waals surface area contributed by atoms with Crippen molar-refractivity contribution < 1.29 is 9.53 Å². The highest BCUT2D eigenvalue weighted by Crippen LogP contribution is 2.22. The van der Waals surface area contributed by atoms with Crippen LogP contribution in [0, 0.1) is 0 Å². The van der Waals surface area contributed by atoms with Crippen LogP contribution in [0.5, 0.6) is 5.75 Å². The third-order valence-corrected chi connectivity index (χ3v) is 4.95. The van der Waals surface area contributed by atoms with Gasteiger partial charge in [-0.3, -0.25) is 4.79 Å². The van der Waals surface area contributed by atoms with Gasteiger partial charge in [-0.2, -0.15) is 0 Å². The second-order valence-electron chi connectivity index (χ2n) is 6.96. The highest BCUT2D eigenvalue weighted by molar-refractivity contribution is 5.80. The first kappa shape index (κ1) is 18.5. The van der Waals surface area contributed by atoms with Gasteiger partial charge in [-0.15, -0.1) is 0 Å². The quantitative estimate of drug-likeness (QED) is 0.762. The summed E-state index contributed by atoms with van der Waals surface area (Å²) in [7, 11) is 1.86. The van der Waals surface area contributed by atoms with Crippen molar-refractivity contribution in [3.8, 4) is 16.9 Å². The lowest BCUT2D eigenvalue weighted by atomic mass is 10.1. The molecule has 1 saturated heterocycles. The second kappa shape index (κ2) is 8.86. The SMILES string of the molecule is CC(Oc1ccc(-c2ccccc2)cc1)C(=O)N(C)CCN1CCCC1. The molecule has 138 valence electrons. The molecule has 0 radical (unpaired) electrons. The van der Waals surface area contributed by atoms with E-state index in [0.29, 0.717) is 0 Å². The fraction of sp³-hybridized carbons (Fsp3) is 0.409. The van der Waals surface area contributed by atoms with Gasteiger partial charge in [0.15, 0.2) is 6.10 Å². The van der Waals surface area contributed by atoms with Crippen LogP contribution >= 0.6 is 0 Å². The number of nitrogens with zero attached hydrogens (tertiary/aromatic N) is 2. The number of carbonyl (C=O) groups excluding carboxylic acids is 1. The van der Waals surface area contributed by atoms with E-state index in [1.807, 2.05) is 56.4 Å². The first-order valence-corrected chi connectivity index (χ1v) is 9.43. The van der Waals surface area contributed by atoms with Crippen molar-refractivity contribution in [2.45, 2.75) is 25.9 Å². The van der Waals surface area contributed by atoms with Crippen LogP contribution in [0.1, 0.15) is 19.8 Å². The van der Waals surface area contributed by atoms with E-state index in [0.717, 1.165) is 37.5 Å². The lowest BCUT2D eigenvalue weighted by Crippen LogP contribution is -2.41. The molecule has 1 unspecified atom stereocenters. The van der Waals surface area contributed by atoms with E-state index in [4.69, 9.17) is 4.74 Å². The lowest BCUT2D eigenvalue weighted by Gasteiger charge is -2.24. The molecule has 0 aromatic heterocycles. The molecule has 2 aromatic carbocycles. The molecule has 1 fully saturated rings. The number of likely N-dealkylation sites (tertiary alicyclic amines) is 1. The summed E-state index contributed by atoms with van der Waals surface area (Å²) in [6, 6.07) is 18.1. The predicted octanol–water partition coefficient (Wildman–Crippen LogP) is 3.68. The van der Waals surface area contributed by atoms with Crippen LogP contribution in [-0.4, -0.2) is 55.0 Å². The number of carbonyl (C=O) groups is 1. The topological polar surface area (TPSA) is 32.8 Å². The Morgan fingerprint density at radius 1 is 1.04 bits per heavy atom. The second-order valence-corrected chi connectivity index (χ2v) is 6.96. The van der Waals surface area contributed by atoms with Crippen LogP contribution in [0.15, 0.2) is 54.6 Å². The highest BCUT2D eigenvalue weighted by Gasteiger charge is 2.20. The third kappa shape index (κ3) is 4.85. The Bertz CT molecular complexity index is 694. The molecular formula is C22H28N2O2. The van der Waals surface area contributed by atoms with Crippen molar-refractivity contribution in [2.24, 2.45) is 0 Å². The summed E-state index contributed by atoms with van der Waals surface area (Å²) in [4.78, 5) is 16.7. The zero-order valence-corrected chi connectivity index (χ0v) is 15.7. The molecule has 0 saturated carbocycles. The van der Waals surface area contributed by atoms with E-state index in [-0.39, 0.29) is 5.91 Å². The van der Waals surface area contributed by atoms with Crippen molar-refractivity contribution in [3.05, 3.63) is 54.6 Å². The molecule has 4 nitrogen and oxygen atoms in total. The molecule has 1 amide bonds. The predicted molar refractivity (Wildman–Crippen MR) is 105 cm³/mol. The van der Waals surface area contributed by atoms with Crippen molar-refractivity contribution in [2.75, 3.05) is 33.2 Å². The minimum absolute atomic E-state index is 0.0244. The van der Waals surface area contributed by atoms with Gasteiger partial charge in [0.2, 0.25) is 0 Å². The van der Waals surface area contributed by atoms with Gasteiger partial charge in [-0.05, 0) is 56.1 Å². The summed E-state index contributed by atoms with van der Waals surface area (Å²) in [6.45, 7) is 5.82. The summed E-state index contributed by atoms with van der Waals surface area (Å²) in [6.07, 6.45) is 2.06. The van der Waals surface area contributed by atoms with Crippen molar-refractivity contribution in [1.82, 2.24) is 9.80 Å². The average molecular weight is 352 g/mol. The molecule has 1 aliphatic heterocycles. The molecule has 3 rings (SSSR count). The number of hydrogen-bond donors (Lipinski definition) is 0. The summed E-state index contributed by atoms with van der Waals surface area (Å²) >= 11 is 0. The molecule has 0 N–H and O–H groups in total. The van der Waals surface area contributed by atoms with Gasteiger partial charge in [-0.25, -0.2) is 0 Å². The smallest absolute Gasteiger partial charge is 0.263 e. The number of hydrogen-bond acceptors (Lipinski definition) is 3. The molecule has 2 aromatic rings. The molecule has 1 aliphatic rings. The summed E-state index contributed by atoms with van der Waals surface area (Å²) < 4.78 is 5.86. The Morgan fingerprint density at radius 2 is 1.65 bits per heavy atom. The first-order valence-electron chi connectivity index (χ1n) is 9.43. The van der Waals surface area contributed by atoms with Gasteiger partial charge < -0.3 is 14.5 Å². The molecular weight excluding hydrogens is 324 g/mol. The largest absolute Gasteiger partial charge is 0.481 e. The van der Waals surface area contributed by atoms with Gasteiger partial charge in [0, 0.05) is 20.1 Å². The van der Waals surface area contributed by atoms with Crippen LogP contribution < -0.4 is 4.74 Å². The summed E-state index contributed by atoms with van der Waals surface area (Å²) in [5.74, 6) is 0.745. The van der Waals surface area contributed by atoms with Crippen LogP contribution in [-0.2, 0) is 4.79 Å².